The second kappa shape index (κ2) is 8.64. The van der Waals surface area contributed by atoms with Gasteiger partial charge in [0.1, 0.15) is 17.2 Å². The molecule has 0 radical (unpaired) electrons. The lowest BCUT2D eigenvalue weighted by Crippen LogP contribution is -2.09. The van der Waals surface area contributed by atoms with E-state index in [0.717, 1.165) is 34.4 Å². The van der Waals surface area contributed by atoms with Crippen LogP contribution in [0.1, 0.15) is 0 Å². The zero-order valence-corrected chi connectivity index (χ0v) is 15.2. The number of benzene rings is 4. The molecule has 28 heavy (non-hydrogen) atoms. The highest BCUT2D eigenvalue weighted by Gasteiger charge is 2.05. The summed E-state index contributed by atoms with van der Waals surface area (Å²) in [4.78, 5) is 0. The lowest BCUT2D eigenvalue weighted by atomic mass is 10.3. The Balaban J connectivity index is 1.44. The molecular weight excluding hydrogens is 348 g/mol. The first-order valence-electron chi connectivity index (χ1n) is 9.04. The summed E-state index contributed by atoms with van der Waals surface area (Å²) >= 11 is 0. The number of para-hydroxylation sites is 4. The number of hydrogen-bond donors (Lipinski definition) is 2. The van der Waals surface area contributed by atoms with Crippen LogP contribution >= 0.6 is 0 Å². The molecule has 4 aromatic carbocycles. The Morgan fingerprint density at radius 2 is 1.07 bits per heavy atom. The summed E-state index contributed by atoms with van der Waals surface area (Å²) in [6.45, 7) is 0. The number of rotatable bonds is 7. The maximum atomic E-state index is 5.97. The van der Waals surface area contributed by atoms with Gasteiger partial charge in [-0.05, 0) is 48.5 Å². The van der Waals surface area contributed by atoms with Crippen molar-refractivity contribution in [1.82, 2.24) is 0 Å². The van der Waals surface area contributed by atoms with Crippen molar-refractivity contribution in [3.8, 4) is 23.0 Å². The zero-order chi connectivity index (χ0) is 19.0. The number of hydrogen-bond acceptors (Lipinski definition) is 4. The molecule has 4 nitrogen and oxygen atoms in total. The van der Waals surface area contributed by atoms with Gasteiger partial charge in [0, 0.05) is 6.07 Å². The third kappa shape index (κ3) is 4.62. The van der Waals surface area contributed by atoms with E-state index in [-0.39, 0.29) is 0 Å². The quantitative estimate of drug-likeness (QED) is 0.356. The third-order valence-corrected chi connectivity index (χ3v) is 4.01. The van der Waals surface area contributed by atoms with Gasteiger partial charge in [0.2, 0.25) is 0 Å². The Morgan fingerprint density at radius 1 is 0.464 bits per heavy atom. The van der Waals surface area contributed by atoms with Gasteiger partial charge in [0.25, 0.3) is 0 Å². The first-order chi connectivity index (χ1) is 13.9. The van der Waals surface area contributed by atoms with E-state index in [1.54, 1.807) is 0 Å². The molecule has 0 aliphatic carbocycles. The van der Waals surface area contributed by atoms with Crippen molar-refractivity contribution >= 4 is 11.4 Å². The van der Waals surface area contributed by atoms with E-state index < -0.39 is 0 Å². The molecule has 0 spiro atoms. The summed E-state index contributed by atoms with van der Waals surface area (Å²) in [5.41, 5.74) is 8.13. The molecule has 0 fully saturated rings. The first kappa shape index (κ1) is 17.5. The fraction of sp³-hybridized carbons (Fsp3) is 0. The Bertz CT molecular complexity index is 1020. The van der Waals surface area contributed by atoms with Crippen LogP contribution in [0.3, 0.4) is 0 Å². The van der Waals surface area contributed by atoms with Crippen LogP contribution in [0.4, 0.5) is 11.4 Å². The van der Waals surface area contributed by atoms with Crippen molar-refractivity contribution < 1.29 is 9.47 Å². The average Bonchev–Trinajstić information content (AvgIpc) is 2.75. The average molecular weight is 368 g/mol. The molecule has 4 aromatic rings. The van der Waals surface area contributed by atoms with Crippen LogP contribution in [0.15, 0.2) is 109 Å². The van der Waals surface area contributed by atoms with E-state index >= 15 is 0 Å². The van der Waals surface area contributed by atoms with Gasteiger partial charge in [-0.3, -0.25) is 5.43 Å². The molecule has 0 aliphatic rings. The highest BCUT2D eigenvalue weighted by atomic mass is 16.5. The molecule has 0 heterocycles. The number of nitrogens with one attached hydrogen (secondary N) is 2. The second-order valence-electron chi connectivity index (χ2n) is 6.10. The van der Waals surface area contributed by atoms with Gasteiger partial charge in [0.15, 0.2) is 5.75 Å². The van der Waals surface area contributed by atoms with Gasteiger partial charge < -0.3 is 14.9 Å². The van der Waals surface area contributed by atoms with Crippen molar-refractivity contribution in [2.24, 2.45) is 0 Å². The van der Waals surface area contributed by atoms with Crippen LogP contribution < -0.4 is 20.3 Å². The maximum Gasteiger partial charge on any atom is 0.152 e. The fourth-order valence-electron chi connectivity index (χ4n) is 2.68. The fourth-order valence-corrected chi connectivity index (χ4v) is 2.68. The van der Waals surface area contributed by atoms with Crippen LogP contribution in [0.5, 0.6) is 23.0 Å². The molecule has 138 valence electrons. The molecular formula is C24H20N2O2. The summed E-state index contributed by atoms with van der Waals surface area (Å²) < 4.78 is 11.9. The lowest BCUT2D eigenvalue weighted by Gasteiger charge is -2.15. The number of hydrazine groups is 1. The van der Waals surface area contributed by atoms with Gasteiger partial charge in [-0.2, -0.15) is 0 Å². The summed E-state index contributed by atoms with van der Waals surface area (Å²) in [5.74, 6) is 3.08. The Kier molecular flexibility index (Phi) is 5.40. The number of anilines is 2. The molecule has 0 aromatic heterocycles. The van der Waals surface area contributed by atoms with Crippen LogP contribution in [0.25, 0.3) is 0 Å². The SMILES string of the molecule is c1ccc(Oc2cccc(NNc3ccccc3Oc3ccccc3)c2)cc1. The minimum absolute atomic E-state index is 0.734. The summed E-state index contributed by atoms with van der Waals surface area (Å²) in [6, 6.07) is 34.9. The van der Waals surface area contributed by atoms with E-state index in [1.165, 1.54) is 0 Å². The predicted octanol–water partition coefficient (Wildman–Crippen LogP) is 6.71. The van der Waals surface area contributed by atoms with Crippen molar-refractivity contribution in [2.45, 2.75) is 0 Å². The van der Waals surface area contributed by atoms with Gasteiger partial charge in [0.05, 0.1) is 11.4 Å². The van der Waals surface area contributed by atoms with Crippen molar-refractivity contribution in [2.75, 3.05) is 10.9 Å². The van der Waals surface area contributed by atoms with Gasteiger partial charge in [-0.25, -0.2) is 0 Å². The molecule has 0 amide bonds. The largest absolute Gasteiger partial charge is 0.457 e. The maximum absolute atomic E-state index is 5.97. The van der Waals surface area contributed by atoms with Gasteiger partial charge >= 0.3 is 0 Å². The zero-order valence-electron chi connectivity index (χ0n) is 15.2. The van der Waals surface area contributed by atoms with Crippen LogP contribution in [0.2, 0.25) is 0 Å². The normalized spacial score (nSPS) is 10.1. The summed E-state index contributed by atoms with van der Waals surface area (Å²) in [6.07, 6.45) is 0. The van der Waals surface area contributed by atoms with Crippen molar-refractivity contribution in [3.63, 3.8) is 0 Å². The van der Waals surface area contributed by atoms with Gasteiger partial charge in [-0.1, -0.05) is 54.6 Å². The smallest absolute Gasteiger partial charge is 0.152 e. The molecule has 0 saturated heterocycles. The van der Waals surface area contributed by atoms with Crippen LogP contribution in [-0.4, -0.2) is 0 Å². The Labute approximate surface area is 164 Å². The standard InChI is InChI=1S/C24H20N2O2/c1-3-11-20(12-4-1)27-22-15-9-10-19(18-22)25-26-23-16-7-8-17-24(23)28-21-13-5-2-6-14-21/h1-18,25-26H. The second-order valence-corrected chi connectivity index (χ2v) is 6.10. The van der Waals surface area contributed by atoms with E-state index in [2.05, 4.69) is 10.9 Å². The van der Waals surface area contributed by atoms with Crippen molar-refractivity contribution in [1.29, 1.82) is 0 Å². The highest BCUT2D eigenvalue weighted by Crippen LogP contribution is 2.30. The predicted molar refractivity (Wildman–Crippen MR) is 113 cm³/mol. The van der Waals surface area contributed by atoms with E-state index in [4.69, 9.17) is 9.47 Å². The molecule has 0 atom stereocenters. The molecule has 0 aliphatic heterocycles. The van der Waals surface area contributed by atoms with Crippen LogP contribution in [-0.2, 0) is 0 Å². The molecule has 0 saturated carbocycles. The lowest BCUT2D eigenvalue weighted by molar-refractivity contribution is 0.483. The van der Waals surface area contributed by atoms with E-state index in [1.807, 2.05) is 109 Å². The highest BCUT2D eigenvalue weighted by molar-refractivity contribution is 5.61. The molecule has 0 bridgehead atoms. The summed E-state index contributed by atoms with van der Waals surface area (Å²) in [7, 11) is 0. The van der Waals surface area contributed by atoms with Crippen LogP contribution in [0, 0.1) is 0 Å². The third-order valence-electron chi connectivity index (χ3n) is 4.01. The number of ether oxygens (including phenoxy) is 2. The Hall–Kier alpha value is -3.92. The topological polar surface area (TPSA) is 42.5 Å². The molecule has 4 heteroatoms. The van der Waals surface area contributed by atoms with Gasteiger partial charge in [-0.15, -0.1) is 0 Å². The van der Waals surface area contributed by atoms with E-state index in [0.29, 0.717) is 0 Å². The minimum Gasteiger partial charge on any atom is -0.457 e. The first-order valence-corrected chi connectivity index (χ1v) is 9.04. The van der Waals surface area contributed by atoms with E-state index in [9.17, 15) is 0 Å². The molecule has 0 unspecified atom stereocenters. The molecule has 4 rings (SSSR count). The minimum atomic E-state index is 0.734. The monoisotopic (exact) mass is 368 g/mol. The molecule has 2 N–H and O–H groups in total. The Morgan fingerprint density at radius 3 is 1.82 bits per heavy atom. The van der Waals surface area contributed by atoms with Crippen molar-refractivity contribution in [3.05, 3.63) is 109 Å². The summed E-state index contributed by atoms with van der Waals surface area (Å²) in [5, 5.41) is 0.